The number of ether oxygens (including phenoxy) is 2. The van der Waals surface area contributed by atoms with Crippen molar-refractivity contribution in [2.75, 3.05) is 23.8 Å². The highest BCUT2D eigenvalue weighted by Crippen LogP contribution is 2.33. The van der Waals surface area contributed by atoms with E-state index >= 15 is 0 Å². The summed E-state index contributed by atoms with van der Waals surface area (Å²) in [6.07, 6.45) is 1.66. The molecule has 4 aromatic carbocycles. The molecular formula is C36H35N3O5S. The summed E-state index contributed by atoms with van der Waals surface area (Å²) in [4.78, 5) is 40.3. The first-order valence-electron chi connectivity index (χ1n) is 14.7. The molecule has 1 aliphatic heterocycles. The molecule has 1 aliphatic rings. The number of benzene rings is 4. The highest BCUT2D eigenvalue weighted by molar-refractivity contribution is 8.00. The molecule has 1 atom stereocenters. The first-order valence-corrected chi connectivity index (χ1v) is 15.6. The number of anilines is 2. The molecule has 0 aromatic heterocycles. The van der Waals surface area contributed by atoms with E-state index in [1.807, 2.05) is 43.3 Å². The Labute approximate surface area is 267 Å². The molecule has 9 heteroatoms. The van der Waals surface area contributed by atoms with Crippen molar-refractivity contribution in [2.24, 2.45) is 0 Å². The van der Waals surface area contributed by atoms with Crippen molar-refractivity contribution in [2.45, 2.75) is 36.8 Å². The molecule has 8 nitrogen and oxygen atoms in total. The lowest BCUT2D eigenvalue weighted by molar-refractivity contribution is -0.115. The largest absolute Gasteiger partial charge is 0.486 e. The molecule has 5 rings (SSSR count). The Kier molecular flexibility index (Phi) is 10.2. The minimum atomic E-state index is -0.473. The molecule has 0 saturated carbocycles. The van der Waals surface area contributed by atoms with E-state index in [2.05, 4.69) is 29.8 Å². The molecule has 0 aliphatic carbocycles. The first kappa shape index (κ1) is 31.4. The molecule has 45 heavy (non-hydrogen) atoms. The zero-order valence-corrected chi connectivity index (χ0v) is 26.1. The van der Waals surface area contributed by atoms with Gasteiger partial charge in [0, 0.05) is 27.9 Å². The fourth-order valence-electron chi connectivity index (χ4n) is 4.55. The number of fused-ring (bicyclic) bond motifs is 1. The van der Waals surface area contributed by atoms with Gasteiger partial charge in [0.2, 0.25) is 5.91 Å². The summed E-state index contributed by atoms with van der Waals surface area (Å²) in [6, 6.07) is 29.1. The third-order valence-corrected chi connectivity index (χ3v) is 8.12. The van der Waals surface area contributed by atoms with Crippen molar-refractivity contribution in [3.8, 4) is 11.5 Å². The maximum atomic E-state index is 13.5. The van der Waals surface area contributed by atoms with Crippen LogP contribution in [0.5, 0.6) is 11.5 Å². The molecule has 0 fully saturated rings. The molecule has 0 radical (unpaired) electrons. The van der Waals surface area contributed by atoms with Gasteiger partial charge in [0.05, 0.1) is 5.25 Å². The van der Waals surface area contributed by atoms with E-state index in [-0.39, 0.29) is 11.6 Å². The summed E-state index contributed by atoms with van der Waals surface area (Å²) in [6.45, 7) is 7.00. The van der Waals surface area contributed by atoms with E-state index in [1.165, 1.54) is 17.3 Å². The molecule has 0 bridgehead atoms. The van der Waals surface area contributed by atoms with E-state index in [1.54, 1.807) is 66.7 Å². The van der Waals surface area contributed by atoms with Gasteiger partial charge in [-0.05, 0) is 72.5 Å². The zero-order valence-electron chi connectivity index (χ0n) is 25.3. The van der Waals surface area contributed by atoms with Crippen LogP contribution in [-0.4, -0.2) is 36.2 Å². The Hall–Kier alpha value is -5.02. The second kappa shape index (κ2) is 14.6. The lowest BCUT2D eigenvalue weighted by Gasteiger charge is -2.19. The van der Waals surface area contributed by atoms with E-state index in [0.29, 0.717) is 47.6 Å². The maximum Gasteiger partial charge on any atom is 0.272 e. The van der Waals surface area contributed by atoms with Crippen molar-refractivity contribution in [1.82, 2.24) is 5.32 Å². The van der Waals surface area contributed by atoms with Crippen molar-refractivity contribution in [3.05, 3.63) is 119 Å². The zero-order chi connectivity index (χ0) is 31.8. The van der Waals surface area contributed by atoms with Crippen LogP contribution in [0.2, 0.25) is 0 Å². The Morgan fingerprint density at radius 2 is 1.47 bits per heavy atom. The van der Waals surface area contributed by atoms with Crippen molar-refractivity contribution in [1.29, 1.82) is 0 Å². The van der Waals surface area contributed by atoms with Gasteiger partial charge in [0.15, 0.2) is 11.5 Å². The molecule has 1 heterocycles. The maximum absolute atomic E-state index is 13.5. The van der Waals surface area contributed by atoms with Crippen molar-refractivity contribution < 1.29 is 23.9 Å². The van der Waals surface area contributed by atoms with Crippen LogP contribution in [0.25, 0.3) is 6.08 Å². The average Bonchev–Trinajstić information content (AvgIpc) is 3.05. The summed E-state index contributed by atoms with van der Waals surface area (Å²) in [5, 5.41) is 8.17. The second-order valence-electron chi connectivity index (χ2n) is 10.8. The Balaban J connectivity index is 1.27. The molecule has 3 N–H and O–H groups in total. The topological polar surface area (TPSA) is 106 Å². The Morgan fingerprint density at radius 1 is 0.756 bits per heavy atom. The summed E-state index contributed by atoms with van der Waals surface area (Å²) in [5.74, 6) is 0.585. The van der Waals surface area contributed by atoms with Gasteiger partial charge in [-0.1, -0.05) is 62.4 Å². The number of rotatable bonds is 10. The number of hydrogen-bond donors (Lipinski definition) is 3. The lowest BCUT2D eigenvalue weighted by atomic mass is 10.0. The number of amides is 3. The minimum Gasteiger partial charge on any atom is -0.486 e. The van der Waals surface area contributed by atoms with Crippen LogP contribution in [0.3, 0.4) is 0 Å². The van der Waals surface area contributed by atoms with Crippen LogP contribution in [0, 0.1) is 0 Å². The van der Waals surface area contributed by atoms with Crippen LogP contribution in [0.15, 0.2) is 108 Å². The molecule has 0 spiro atoms. The van der Waals surface area contributed by atoms with Crippen LogP contribution in [-0.2, 0) is 9.59 Å². The number of thioether (sulfide) groups is 1. The van der Waals surface area contributed by atoms with Crippen LogP contribution in [0.4, 0.5) is 11.4 Å². The minimum absolute atomic E-state index is 0.103. The van der Waals surface area contributed by atoms with Gasteiger partial charge in [0.1, 0.15) is 18.9 Å². The number of carbonyl (C=O) groups is 3. The van der Waals surface area contributed by atoms with Crippen LogP contribution < -0.4 is 25.4 Å². The van der Waals surface area contributed by atoms with Gasteiger partial charge in [0.25, 0.3) is 11.8 Å². The predicted molar refractivity (Wildman–Crippen MR) is 179 cm³/mol. The SMILES string of the molecule is CC(Sc1cccc(NC(=O)/C(=C\c2ccc(C(C)C)cc2)NC(=O)c2ccccc2)c1)C(=O)Nc1ccc2c(c1)OCCO2. The summed E-state index contributed by atoms with van der Waals surface area (Å²) < 4.78 is 11.2. The van der Waals surface area contributed by atoms with Gasteiger partial charge in [-0.3, -0.25) is 14.4 Å². The average molecular weight is 622 g/mol. The lowest BCUT2D eigenvalue weighted by Crippen LogP contribution is -2.30. The normalized spacial score (nSPS) is 13.1. The third-order valence-electron chi connectivity index (χ3n) is 7.03. The van der Waals surface area contributed by atoms with Crippen molar-refractivity contribution in [3.63, 3.8) is 0 Å². The van der Waals surface area contributed by atoms with Gasteiger partial charge in [-0.15, -0.1) is 11.8 Å². The van der Waals surface area contributed by atoms with Gasteiger partial charge in [-0.25, -0.2) is 0 Å². The number of nitrogens with one attached hydrogen (secondary N) is 3. The fraction of sp³-hybridized carbons (Fsp3) is 0.194. The van der Waals surface area contributed by atoms with Gasteiger partial charge in [-0.2, -0.15) is 0 Å². The fourth-order valence-corrected chi connectivity index (χ4v) is 5.48. The van der Waals surface area contributed by atoms with Gasteiger partial charge < -0.3 is 25.4 Å². The second-order valence-corrected chi connectivity index (χ2v) is 12.2. The monoisotopic (exact) mass is 621 g/mol. The molecule has 3 amide bonds. The summed E-state index contributed by atoms with van der Waals surface area (Å²) in [7, 11) is 0. The molecule has 4 aromatic rings. The van der Waals surface area contributed by atoms with E-state index < -0.39 is 17.1 Å². The number of carbonyl (C=O) groups excluding carboxylic acids is 3. The highest BCUT2D eigenvalue weighted by Gasteiger charge is 2.19. The quantitative estimate of drug-likeness (QED) is 0.129. The molecule has 230 valence electrons. The van der Waals surface area contributed by atoms with Crippen LogP contribution in [0.1, 0.15) is 48.2 Å². The predicted octanol–water partition coefficient (Wildman–Crippen LogP) is 7.11. The Morgan fingerprint density at radius 3 is 2.20 bits per heavy atom. The van der Waals surface area contributed by atoms with E-state index in [9.17, 15) is 14.4 Å². The standard InChI is InChI=1S/C36H35N3O5S/c1-23(2)26-14-12-25(13-15-26)20-31(39-35(41)27-8-5-4-6-9-27)36(42)38-28-10-7-11-30(21-28)45-24(3)34(40)37-29-16-17-32-33(22-29)44-19-18-43-32/h4-17,20-24H,18-19H2,1-3H3,(H,37,40)(H,38,42)(H,39,41)/b31-20+. The molecule has 1 unspecified atom stereocenters. The molecule has 0 saturated heterocycles. The van der Waals surface area contributed by atoms with Gasteiger partial charge >= 0.3 is 0 Å². The van der Waals surface area contributed by atoms with Crippen molar-refractivity contribution >= 4 is 46.9 Å². The first-order chi connectivity index (χ1) is 21.7. The number of hydrogen-bond acceptors (Lipinski definition) is 6. The molecular weight excluding hydrogens is 586 g/mol. The Bertz CT molecular complexity index is 1700. The van der Waals surface area contributed by atoms with E-state index in [4.69, 9.17) is 9.47 Å². The summed E-state index contributed by atoms with van der Waals surface area (Å²) >= 11 is 1.36. The summed E-state index contributed by atoms with van der Waals surface area (Å²) in [5.41, 5.74) is 3.64. The third kappa shape index (κ3) is 8.55. The highest BCUT2D eigenvalue weighted by atomic mass is 32.2. The smallest absolute Gasteiger partial charge is 0.272 e. The van der Waals surface area contributed by atoms with E-state index in [0.717, 1.165) is 10.5 Å². The van der Waals surface area contributed by atoms with Crippen LogP contribution >= 0.6 is 11.8 Å².